The van der Waals surface area contributed by atoms with Crippen LogP contribution in [0.1, 0.15) is 25.7 Å². The Morgan fingerprint density at radius 3 is 2.57 bits per heavy atom. The molecule has 6 heteroatoms. The van der Waals surface area contributed by atoms with Crippen molar-refractivity contribution in [2.45, 2.75) is 26.7 Å². The van der Waals surface area contributed by atoms with Crippen LogP contribution in [-0.2, 0) is 4.79 Å². The summed E-state index contributed by atoms with van der Waals surface area (Å²) in [6.45, 7) is 5.72. The number of hydrogen-bond donors (Lipinski definition) is 0. The van der Waals surface area contributed by atoms with E-state index in [4.69, 9.17) is 9.15 Å². The lowest BCUT2D eigenvalue weighted by Crippen LogP contribution is -2.40. The minimum atomic E-state index is 0.0495. The van der Waals surface area contributed by atoms with Crippen LogP contribution < -0.4 is 4.74 Å². The first-order valence-electron chi connectivity index (χ1n) is 7.93. The smallest absolute Gasteiger partial charge is 0.260 e. The Morgan fingerprint density at radius 2 is 1.96 bits per heavy atom. The molecule has 0 aliphatic carbocycles. The highest BCUT2D eigenvalue weighted by atomic mass is 16.5. The molecular weight excluding hydrogens is 294 g/mol. The normalized spacial score (nSPS) is 15.7. The average molecular weight is 315 g/mol. The molecule has 1 aromatic heterocycles. The van der Waals surface area contributed by atoms with Crippen LogP contribution in [0.2, 0.25) is 0 Å². The van der Waals surface area contributed by atoms with Crippen molar-refractivity contribution >= 4 is 5.91 Å². The Hall–Kier alpha value is -2.37. The number of ether oxygens (including phenoxy) is 1. The molecule has 1 aromatic carbocycles. The van der Waals surface area contributed by atoms with Gasteiger partial charge in [0.25, 0.3) is 5.91 Å². The molecule has 122 valence electrons. The third-order valence-corrected chi connectivity index (χ3v) is 4.13. The second-order valence-corrected chi connectivity index (χ2v) is 6.00. The summed E-state index contributed by atoms with van der Waals surface area (Å²) < 4.78 is 11.0. The fourth-order valence-electron chi connectivity index (χ4n) is 2.60. The Bertz CT molecular complexity index is 658. The van der Waals surface area contributed by atoms with E-state index in [9.17, 15) is 4.79 Å². The van der Waals surface area contributed by atoms with Crippen molar-refractivity contribution in [3.63, 3.8) is 0 Å². The number of likely N-dealkylation sites (tertiary alicyclic amines) is 1. The summed E-state index contributed by atoms with van der Waals surface area (Å²) >= 11 is 0. The number of aryl methyl sites for hydroxylation is 1. The molecule has 0 radical (unpaired) electrons. The topological polar surface area (TPSA) is 68.5 Å². The molecule has 0 unspecified atom stereocenters. The van der Waals surface area contributed by atoms with E-state index in [0.717, 1.165) is 31.5 Å². The summed E-state index contributed by atoms with van der Waals surface area (Å²) in [5.41, 5.74) is 0.828. The molecule has 1 fully saturated rings. The molecule has 1 aliphatic heterocycles. The molecule has 1 aliphatic rings. The summed E-state index contributed by atoms with van der Waals surface area (Å²) in [7, 11) is 0. The highest BCUT2D eigenvalue weighted by molar-refractivity contribution is 5.77. The van der Waals surface area contributed by atoms with Crippen molar-refractivity contribution in [3.05, 3.63) is 30.2 Å². The van der Waals surface area contributed by atoms with Gasteiger partial charge in [-0.1, -0.05) is 6.92 Å². The first kappa shape index (κ1) is 15.5. The number of carbonyl (C=O) groups excluding carboxylic acids is 1. The van der Waals surface area contributed by atoms with Crippen LogP contribution in [0.4, 0.5) is 0 Å². The van der Waals surface area contributed by atoms with Crippen LogP contribution in [0, 0.1) is 12.8 Å². The Balaban J connectivity index is 1.53. The SMILES string of the molecule is Cc1nnc(-c2ccc(OCC(=O)N3CCC(C)CC3)cc2)o1. The van der Waals surface area contributed by atoms with Crippen molar-refractivity contribution in [3.8, 4) is 17.2 Å². The first-order chi connectivity index (χ1) is 11.1. The zero-order valence-electron chi connectivity index (χ0n) is 13.5. The van der Waals surface area contributed by atoms with Crippen molar-refractivity contribution in [2.75, 3.05) is 19.7 Å². The minimum Gasteiger partial charge on any atom is -0.484 e. The molecule has 0 N–H and O–H groups in total. The summed E-state index contributed by atoms with van der Waals surface area (Å²) in [5.74, 6) is 2.42. The van der Waals surface area contributed by atoms with Gasteiger partial charge in [0, 0.05) is 25.6 Å². The molecular formula is C17H21N3O3. The quantitative estimate of drug-likeness (QED) is 0.867. The molecule has 2 aromatic rings. The maximum Gasteiger partial charge on any atom is 0.260 e. The Labute approximate surface area is 135 Å². The van der Waals surface area contributed by atoms with E-state index in [1.165, 1.54) is 0 Å². The van der Waals surface area contributed by atoms with Crippen molar-refractivity contribution in [2.24, 2.45) is 5.92 Å². The lowest BCUT2D eigenvalue weighted by Gasteiger charge is -2.30. The van der Waals surface area contributed by atoms with Gasteiger partial charge in [-0.2, -0.15) is 0 Å². The van der Waals surface area contributed by atoms with E-state index in [2.05, 4.69) is 17.1 Å². The van der Waals surface area contributed by atoms with Gasteiger partial charge in [-0.25, -0.2) is 0 Å². The van der Waals surface area contributed by atoms with E-state index in [1.54, 1.807) is 19.1 Å². The van der Waals surface area contributed by atoms with Crippen LogP contribution in [0.3, 0.4) is 0 Å². The van der Waals surface area contributed by atoms with Gasteiger partial charge >= 0.3 is 0 Å². The number of benzene rings is 1. The van der Waals surface area contributed by atoms with E-state index < -0.39 is 0 Å². The van der Waals surface area contributed by atoms with E-state index in [-0.39, 0.29) is 12.5 Å². The molecule has 0 bridgehead atoms. The summed E-state index contributed by atoms with van der Waals surface area (Å²) in [6.07, 6.45) is 2.15. The van der Waals surface area contributed by atoms with Crippen molar-refractivity contribution in [1.29, 1.82) is 0 Å². The van der Waals surface area contributed by atoms with E-state index >= 15 is 0 Å². The fourth-order valence-corrected chi connectivity index (χ4v) is 2.60. The van der Waals surface area contributed by atoms with Gasteiger partial charge in [-0.3, -0.25) is 4.79 Å². The molecule has 23 heavy (non-hydrogen) atoms. The van der Waals surface area contributed by atoms with Crippen molar-refractivity contribution in [1.82, 2.24) is 15.1 Å². The third-order valence-electron chi connectivity index (χ3n) is 4.13. The molecule has 0 atom stereocenters. The van der Waals surface area contributed by atoms with Gasteiger partial charge in [-0.15, -0.1) is 10.2 Å². The van der Waals surface area contributed by atoms with E-state index in [1.807, 2.05) is 17.0 Å². The first-order valence-corrected chi connectivity index (χ1v) is 7.93. The molecule has 1 saturated heterocycles. The third kappa shape index (κ3) is 3.88. The number of nitrogens with zero attached hydrogens (tertiary/aromatic N) is 3. The standard InChI is InChI=1S/C17H21N3O3/c1-12-7-9-20(10-8-12)16(21)11-22-15-5-3-14(4-6-15)17-19-18-13(2)23-17/h3-6,12H,7-11H2,1-2H3. The molecule has 6 nitrogen and oxygen atoms in total. The number of hydrogen-bond acceptors (Lipinski definition) is 5. The van der Waals surface area contributed by atoms with Gasteiger partial charge in [0.2, 0.25) is 11.8 Å². The zero-order valence-corrected chi connectivity index (χ0v) is 13.5. The van der Waals surface area contributed by atoms with Gasteiger partial charge in [0.15, 0.2) is 6.61 Å². The lowest BCUT2D eigenvalue weighted by molar-refractivity contribution is -0.134. The number of aromatic nitrogens is 2. The van der Waals surface area contributed by atoms with Gasteiger partial charge < -0.3 is 14.1 Å². The van der Waals surface area contributed by atoms with Crippen LogP contribution in [0.25, 0.3) is 11.5 Å². The Morgan fingerprint density at radius 1 is 1.26 bits per heavy atom. The second-order valence-electron chi connectivity index (χ2n) is 6.00. The molecule has 1 amide bonds. The summed E-state index contributed by atoms with van der Waals surface area (Å²) in [4.78, 5) is 14.0. The molecule has 0 spiro atoms. The predicted molar refractivity (Wildman–Crippen MR) is 84.9 cm³/mol. The summed E-state index contributed by atoms with van der Waals surface area (Å²) in [6, 6.07) is 7.30. The van der Waals surface area contributed by atoms with Crippen LogP contribution in [-0.4, -0.2) is 40.7 Å². The highest BCUT2D eigenvalue weighted by Gasteiger charge is 2.20. The van der Waals surface area contributed by atoms with Crippen LogP contribution in [0.15, 0.2) is 28.7 Å². The monoisotopic (exact) mass is 315 g/mol. The molecule has 0 saturated carbocycles. The number of rotatable bonds is 4. The van der Waals surface area contributed by atoms with Crippen LogP contribution >= 0.6 is 0 Å². The maximum atomic E-state index is 12.1. The van der Waals surface area contributed by atoms with Crippen LogP contribution in [0.5, 0.6) is 5.75 Å². The van der Waals surface area contributed by atoms with Gasteiger partial charge in [-0.05, 0) is 43.0 Å². The minimum absolute atomic E-state index is 0.0495. The number of piperidine rings is 1. The number of amides is 1. The van der Waals surface area contributed by atoms with E-state index in [0.29, 0.717) is 23.4 Å². The molecule has 3 rings (SSSR count). The highest BCUT2D eigenvalue weighted by Crippen LogP contribution is 2.21. The zero-order chi connectivity index (χ0) is 16.2. The molecule has 2 heterocycles. The second kappa shape index (κ2) is 6.81. The predicted octanol–water partition coefficient (Wildman–Crippen LogP) is 2.68. The fraction of sp³-hybridized carbons (Fsp3) is 0.471. The average Bonchev–Trinajstić information content (AvgIpc) is 3.00. The van der Waals surface area contributed by atoms with Crippen molar-refractivity contribution < 1.29 is 13.9 Å². The Kier molecular flexibility index (Phi) is 4.60. The van der Waals surface area contributed by atoms with Gasteiger partial charge in [0.05, 0.1) is 0 Å². The lowest BCUT2D eigenvalue weighted by atomic mass is 9.99. The number of carbonyl (C=O) groups is 1. The summed E-state index contributed by atoms with van der Waals surface area (Å²) in [5, 5.41) is 7.77. The largest absolute Gasteiger partial charge is 0.484 e. The van der Waals surface area contributed by atoms with Gasteiger partial charge in [0.1, 0.15) is 5.75 Å². The maximum absolute atomic E-state index is 12.1.